The average molecular weight is 218 g/mol. The van der Waals surface area contributed by atoms with E-state index in [1.54, 1.807) is 6.20 Å². The Morgan fingerprint density at radius 1 is 1.20 bits per heavy atom. The molecular weight excluding hydrogens is 204 g/mol. The van der Waals surface area contributed by atoms with Crippen molar-refractivity contribution >= 4 is 12.6 Å². The van der Waals surface area contributed by atoms with Crippen molar-refractivity contribution in [2.75, 3.05) is 5.75 Å². The summed E-state index contributed by atoms with van der Waals surface area (Å²) in [4.78, 5) is 0. The molecule has 0 saturated heterocycles. The van der Waals surface area contributed by atoms with Crippen LogP contribution in [-0.2, 0) is 6.54 Å². The number of benzene rings is 1. The molecule has 0 aliphatic heterocycles. The molecule has 2 rings (SSSR count). The number of thiol groups is 1. The molecule has 0 bridgehead atoms. The minimum absolute atomic E-state index is 0.425. The first-order valence-electron chi connectivity index (χ1n) is 5.03. The van der Waals surface area contributed by atoms with Gasteiger partial charge in [-0.2, -0.15) is 17.7 Å². The van der Waals surface area contributed by atoms with Crippen molar-refractivity contribution in [3.05, 3.63) is 54.4 Å². The minimum atomic E-state index is 0.425. The zero-order chi connectivity index (χ0) is 10.5. The number of hydrogen-bond acceptors (Lipinski definition) is 2. The zero-order valence-electron chi connectivity index (χ0n) is 8.45. The Hall–Kier alpha value is -1.22. The maximum Gasteiger partial charge on any atom is 0.0489 e. The molecule has 1 unspecified atom stereocenters. The van der Waals surface area contributed by atoms with E-state index in [1.807, 2.05) is 23.0 Å². The molecule has 1 heterocycles. The van der Waals surface area contributed by atoms with Crippen molar-refractivity contribution < 1.29 is 0 Å². The van der Waals surface area contributed by atoms with Gasteiger partial charge in [0.25, 0.3) is 0 Å². The first-order chi connectivity index (χ1) is 7.40. The van der Waals surface area contributed by atoms with Crippen LogP contribution in [-0.4, -0.2) is 15.5 Å². The van der Waals surface area contributed by atoms with E-state index in [0.717, 1.165) is 12.3 Å². The third-order valence-electron chi connectivity index (χ3n) is 2.46. The van der Waals surface area contributed by atoms with Crippen molar-refractivity contribution in [3.63, 3.8) is 0 Å². The van der Waals surface area contributed by atoms with Crippen molar-refractivity contribution in [3.8, 4) is 0 Å². The molecule has 2 aromatic rings. The van der Waals surface area contributed by atoms with Crippen LogP contribution in [0.4, 0.5) is 0 Å². The van der Waals surface area contributed by atoms with E-state index in [-0.39, 0.29) is 0 Å². The normalized spacial score (nSPS) is 12.6. The summed E-state index contributed by atoms with van der Waals surface area (Å²) in [5, 5.41) is 4.21. The topological polar surface area (TPSA) is 17.8 Å². The van der Waals surface area contributed by atoms with Gasteiger partial charge >= 0.3 is 0 Å². The van der Waals surface area contributed by atoms with Crippen molar-refractivity contribution in [1.82, 2.24) is 9.78 Å². The zero-order valence-corrected chi connectivity index (χ0v) is 9.35. The Labute approximate surface area is 95.3 Å². The van der Waals surface area contributed by atoms with E-state index in [0.29, 0.717) is 5.92 Å². The fourth-order valence-electron chi connectivity index (χ4n) is 1.63. The molecule has 0 fully saturated rings. The molecule has 3 heteroatoms. The molecule has 1 atom stereocenters. The van der Waals surface area contributed by atoms with E-state index in [1.165, 1.54) is 5.56 Å². The predicted octanol–water partition coefficient (Wildman–Crippen LogP) is 2.60. The minimum Gasteiger partial charge on any atom is -0.272 e. The van der Waals surface area contributed by atoms with Gasteiger partial charge in [0.15, 0.2) is 0 Å². The summed E-state index contributed by atoms with van der Waals surface area (Å²) in [6.45, 7) is 0.889. The third-order valence-corrected chi connectivity index (χ3v) is 2.90. The summed E-state index contributed by atoms with van der Waals surface area (Å²) in [7, 11) is 0. The molecule has 1 aromatic carbocycles. The average Bonchev–Trinajstić information content (AvgIpc) is 2.80. The molecule has 0 amide bonds. The number of aromatic nitrogens is 2. The number of rotatable bonds is 4. The van der Waals surface area contributed by atoms with Crippen LogP contribution in [0.15, 0.2) is 48.8 Å². The van der Waals surface area contributed by atoms with Crippen molar-refractivity contribution in [1.29, 1.82) is 0 Å². The molecule has 78 valence electrons. The van der Waals surface area contributed by atoms with Crippen LogP contribution >= 0.6 is 12.6 Å². The quantitative estimate of drug-likeness (QED) is 0.781. The van der Waals surface area contributed by atoms with E-state index >= 15 is 0 Å². The van der Waals surface area contributed by atoms with E-state index in [9.17, 15) is 0 Å². The van der Waals surface area contributed by atoms with Gasteiger partial charge in [-0.15, -0.1) is 0 Å². The second-order valence-corrected chi connectivity index (χ2v) is 3.88. The fraction of sp³-hybridized carbons (Fsp3) is 0.250. The molecule has 0 radical (unpaired) electrons. The molecule has 0 N–H and O–H groups in total. The Morgan fingerprint density at radius 2 is 2.00 bits per heavy atom. The molecule has 0 spiro atoms. The molecule has 0 aliphatic carbocycles. The van der Waals surface area contributed by atoms with E-state index in [2.05, 4.69) is 42.0 Å². The number of hydrogen-bond donors (Lipinski definition) is 1. The lowest BCUT2D eigenvalue weighted by molar-refractivity contribution is 0.549. The standard InChI is InChI=1S/C12H14N2S/c15-10-12(9-14-8-4-7-13-14)11-5-2-1-3-6-11/h1-8,12,15H,9-10H2. The highest BCUT2D eigenvalue weighted by Crippen LogP contribution is 2.18. The second-order valence-electron chi connectivity index (χ2n) is 3.52. The van der Waals surface area contributed by atoms with Gasteiger partial charge in [0, 0.05) is 24.9 Å². The van der Waals surface area contributed by atoms with Gasteiger partial charge < -0.3 is 0 Å². The maximum atomic E-state index is 4.40. The molecule has 15 heavy (non-hydrogen) atoms. The molecule has 0 saturated carbocycles. The van der Waals surface area contributed by atoms with E-state index < -0.39 is 0 Å². The lowest BCUT2D eigenvalue weighted by Gasteiger charge is -2.14. The third kappa shape index (κ3) is 2.63. The first-order valence-corrected chi connectivity index (χ1v) is 5.66. The summed E-state index contributed by atoms with van der Waals surface area (Å²) in [5.74, 6) is 1.26. The van der Waals surface area contributed by atoms with Crippen LogP contribution < -0.4 is 0 Å². The maximum absolute atomic E-state index is 4.40. The SMILES string of the molecule is SCC(Cn1cccn1)c1ccccc1. The Bertz CT molecular complexity index is 383. The van der Waals surface area contributed by atoms with Gasteiger partial charge in [-0.25, -0.2) is 0 Å². The molecule has 2 nitrogen and oxygen atoms in total. The first kappa shape index (κ1) is 10.3. The van der Waals surface area contributed by atoms with Gasteiger partial charge in [-0.3, -0.25) is 4.68 Å². The summed E-state index contributed by atoms with van der Waals surface area (Å²) in [6, 6.07) is 12.4. The lowest BCUT2D eigenvalue weighted by Crippen LogP contribution is -2.11. The van der Waals surface area contributed by atoms with Crippen molar-refractivity contribution in [2.45, 2.75) is 12.5 Å². The second kappa shape index (κ2) is 5.03. The fourth-order valence-corrected chi connectivity index (χ4v) is 1.95. The van der Waals surface area contributed by atoms with Gasteiger partial charge in [0.1, 0.15) is 0 Å². The highest BCUT2D eigenvalue weighted by Gasteiger charge is 2.09. The summed E-state index contributed by atoms with van der Waals surface area (Å²) >= 11 is 4.40. The summed E-state index contributed by atoms with van der Waals surface area (Å²) in [5.41, 5.74) is 1.32. The van der Waals surface area contributed by atoms with Crippen LogP contribution in [0, 0.1) is 0 Å². The van der Waals surface area contributed by atoms with Crippen LogP contribution in [0.5, 0.6) is 0 Å². The van der Waals surface area contributed by atoms with Gasteiger partial charge in [-0.05, 0) is 17.4 Å². The Balaban J connectivity index is 2.12. The van der Waals surface area contributed by atoms with Crippen molar-refractivity contribution in [2.24, 2.45) is 0 Å². The predicted molar refractivity (Wildman–Crippen MR) is 65.3 cm³/mol. The van der Waals surface area contributed by atoms with Crippen LogP contribution in [0.3, 0.4) is 0 Å². The summed E-state index contributed by atoms with van der Waals surface area (Å²) in [6.07, 6.45) is 3.79. The lowest BCUT2D eigenvalue weighted by atomic mass is 10.0. The monoisotopic (exact) mass is 218 g/mol. The molecular formula is C12H14N2S. The highest BCUT2D eigenvalue weighted by molar-refractivity contribution is 7.80. The van der Waals surface area contributed by atoms with Gasteiger partial charge in [0.05, 0.1) is 0 Å². The number of nitrogens with zero attached hydrogens (tertiary/aromatic N) is 2. The summed E-state index contributed by atoms with van der Waals surface area (Å²) < 4.78 is 1.95. The molecule has 1 aromatic heterocycles. The van der Waals surface area contributed by atoms with E-state index in [4.69, 9.17) is 0 Å². The van der Waals surface area contributed by atoms with Gasteiger partial charge in [0.2, 0.25) is 0 Å². The largest absolute Gasteiger partial charge is 0.272 e. The smallest absolute Gasteiger partial charge is 0.0489 e. The van der Waals surface area contributed by atoms with Crippen LogP contribution in [0.2, 0.25) is 0 Å². The van der Waals surface area contributed by atoms with Gasteiger partial charge in [-0.1, -0.05) is 30.3 Å². The van der Waals surface area contributed by atoms with Crippen LogP contribution in [0.1, 0.15) is 11.5 Å². The Kier molecular flexibility index (Phi) is 3.45. The molecule has 0 aliphatic rings. The Morgan fingerprint density at radius 3 is 2.60 bits per heavy atom. The van der Waals surface area contributed by atoms with Crippen LogP contribution in [0.25, 0.3) is 0 Å². The highest BCUT2D eigenvalue weighted by atomic mass is 32.1.